The summed E-state index contributed by atoms with van der Waals surface area (Å²) in [6.45, 7) is 5.42. The molecule has 1 aromatic heterocycles. The third kappa shape index (κ3) is 2.62. The van der Waals surface area contributed by atoms with Crippen molar-refractivity contribution >= 4 is 0 Å². The summed E-state index contributed by atoms with van der Waals surface area (Å²) < 4.78 is 1.86. The highest BCUT2D eigenvalue weighted by Gasteiger charge is 2.37. The first-order chi connectivity index (χ1) is 7.61. The molecule has 0 saturated carbocycles. The molecular weight excluding hydrogens is 200 g/mol. The van der Waals surface area contributed by atoms with Crippen LogP contribution in [0.25, 0.3) is 0 Å². The zero-order chi connectivity index (χ0) is 11.6. The smallest absolute Gasteiger partial charge is 0.0522 e. The summed E-state index contributed by atoms with van der Waals surface area (Å²) in [5.74, 6) is 0. The van der Waals surface area contributed by atoms with E-state index in [0.717, 1.165) is 32.5 Å². The fourth-order valence-corrected chi connectivity index (χ4v) is 2.55. The van der Waals surface area contributed by atoms with Crippen molar-refractivity contribution in [3.8, 4) is 0 Å². The maximum absolute atomic E-state index is 6.22. The van der Waals surface area contributed by atoms with Gasteiger partial charge in [-0.15, -0.1) is 0 Å². The molecule has 2 N–H and O–H groups in total. The molecule has 0 bridgehead atoms. The Bertz CT molecular complexity index is 339. The van der Waals surface area contributed by atoms with Gasteiger partial charge in [-0.25, -0.2) is 0 Å². The second-order valence-corrected chi connectivity index (χ2v) is 5.10. The van der Waals surface area contributed by atoms with Crippen molar-refractivity contribution in [3.05, 3.63) is 18.0 Å². The van der Waals surface area contributed by atoms with E-state index in [1.54, 1.807) is 0 Å². The molecular formula is C12H22N4. The van der Waals surface area contributed by atoms with Gasteiger partial charge >= 0.3 is 0 Å². The lowest BCUT2D eigenvalue weighted by atomic mass is 9.86. The van der Waals surface area contributed by atoms with Gasteiger partial charge in [0.1, 0.15) is 0 Å². The van der Waals surface area contributed by atoms with E-state index in [1.165, 1.54) is 12.0 Å². The number of hydrogen-bond acceptors (Lipinski definition) is 3. The molecule has 0 atom stereocenters. The molecule has 4 heteroatoms. The number of likely N-dealkylation sites (tertiary alicyclic amines) is 1. The molecule has 1 aliphatic heterocycles. The molecule has 0 spiro atoms. The molecule has 16 heavy (non-hydrogen) atoms. The zero-order valence-corrected chi connectivity index (χ0v) is 10.3. The van der Waals surface area contributed by atoms with Gasteiger partial charge in [-0.05, 0) is 18.4 Å². The van der Waals surface area contributed by atoms with Gasteiger partial charge in [-0.2, -0.15) is 5.10 Å². The Labute approximate surface area is 97.4 Å². The van der Waals surface area contributed by atoms with Crippen molar-refractivity contribution in [2.45, 2.75) is 31.7 Å². The third-order valence-corrected chi connectivity index (χ3v) is 3.30. The lowest BCUT2D eigenvalue weighted by molar-refractivity contribution is 0.0652. The van der Waals surface area contributed by atoms with Gasteiger partial charge in [0.25, 0.3) is 0 Å². The lowest BCUT2D eigenvalue weighted by Crippen LogP contribution is -2.67. The third-order valence-electron chi connectivity index (χ3n) is 3.30. The van der Waals surface area contributed by atoms with Gasteiger partial charge in [-0.1, -0.05) is 13.3 Å². The molecule has 1 fully saturated rings. The van der Waals surface area contributed by atoms with Crippen LogP contribution in [0.2, 0.25) is 0 Å². The van der Waals surface area contributed by atoms with Crippen LogP contribution in [0, 0.1) is 0 Å². The Morgan fingerprint density at radius 1 is 1.50 bits per heavy atom. The molecule has 1 saturated heterocycles. The topological polar surface area (TPSA) is 47.1 Å². The first kappa shape index (κ1) is 11.6. The first-order valence-corrected chi connectivity index (χ1v) is 6.10. The minimum atomic E-state index is 0.101. The van der Waals surface area contributed by atoms with E-state index >= 15 is 0 Å². The van der Waals surface area contributed by atoms with E-state index in [1.807, 2.05) is 17.9 Å². The predicted molar refractivity (Wildman–Crippen MR) is 65.2 cm³/mol. The van der Waals surface area contributed by atoms with E-state index in [0.29, 0.717) is 0 Å². The monoisotopic (exact) mass is 222 g/mol. The van der Waals surface area contributed by atoms with E-state index in [2.05, 4.69) is 23.1 Å². The minimum absolute atomic E-state index is 0.101. The largest absolute Gasteiger partial charge is 0.323 e. The molecule has 4 nitrogen and oxygen atoms in total. The molecule has 1 aliphatic rings. The molecule has 0 aromatic carbocycles. The summed E-state index contributed by atoms with van der Waals surface area (Å²) in [7, 11) is 1.96. The maximum atomic E-state index is 6.22. The molecule has 0 unspecified atom stereocenters. The molecule has 90 valence electrons. The number of nitrogens with zero attached hydrogens (tertiary/aromatic N) is 3. The molecule has 1 aromatic rings. The minimum Gasteiger partial charge on any atom is -0.323 e. The van der Waals surface area contributed by atoms with Crippen molar-refractivity contribution < 1.29 is 0 Å². The van der Waals surface area contributed by atoms with Crippen LogP contribution in [-0.2, 0) is 13.5 Å². The summed E-state index contributed by atoms with van der Waals surface area (Å²) in [6, 6.07) is 0. The number of aryl methyl sites for hydroxylation is 1. The van der Waals surface area contributed by atoms with E-state index in [-0.39, 0.29) is 5.54 Å². The quantitative estimate of drug-likeness (QED) is 0.800. The highest BCUT2D eigenvalue weighted by molar-refractivity contribution is 5.06. The summed E-state index contributed by atoms with van der Waals surface area (Å²) in [4.78, 5) is 2.43. The average molecular weight is 222 g/mol. The average Bonchev–Trinajstić information content (AvgIpc) is 2.58. The standard InChI is InChI=1S/C12H22N4/c1-3-5-12(13)9-16(10-12)6-4-11-7-14-15(2)8-11/h7-8H,3-6,9-10,13H2,1-2H3. The Morgan fingerprint density at radius 2 is 2.25 bits per heavy atom. The molecule has 2 rings (SSSR count). The summed E-state index contributed by atoms with van der Waals surface area (Å²) >= 11 is 0. The van der Waals surface area contributed by atoms with Crippen LogP contribution in [-0.4, -0.2) is 39.9 Å². The Morgan fingerprint density at radius 3 is 2.81 bits per heavy atom. The van der Waals surface area contributed by atoms with Gasteiger partial charge in [0.05, 0.1) is 6.20 Å². The molecule has 0 amide bonds. The Kier molecular flexibility index (Phi) is 3.30. The first-order valence-electron chi connectivity index (χ1n) is 6.10. The van der Waals surface area contributed by atoms with Crippen LogP contribution in [0.5, 0.6) is 0 Å². The van der Waals surface area contributed by atoms with Crippen LogP contribution in [0.3, 0.4) is 0 Å². The van der Waals surface area contributed by atoms with Gasteiger partial charge < -0.3 is 5.73 Å². The number of aromatic nitrogens is 2. The van der Waals surface area contributed by atoms with Crippen LogP contribution in [0.4, 0.5) is 0 Å². The highest BCUT2D eigenvalue weighted by atomic mass is 15.3. The molecule has 0 radical (unpaired) electrons. The van der Waals surface area contributed by atoms with Crippen LogP contribution in [0.1, 0.15) is 25.3 Å². The Hall–Kier alpha value is -0.870. The molecule has 0 aliphatic carbocycles. The van der Waals surface area contributed by atoms with Crippen molar-refractivity contribution in [1.82, 2.24) is 14.7 Å². The van der Waals surface area contributed by atoms with Gasteiger partial charge in [0, 0.05) is 38.4 Å². The van der Waals surface area contributed by atoms with Gasteiger partial charge in [0.2, 0.25) is 0 Å². The second-order valence-electron chi connectivity index (χ2n) is 5.10. The van der Waals surface area contributed by atoms with Gasteiger partial charge in [-0.3, -0.25) is 9.58 Å². The van der Waals surface area contributed by atoms with Crippen LogP contribution in [0.15, 0.2) is 12.4 Å². The number of hydrogen-bond donors (Lipinski definition) is 1. The highest BCUT2D eigenvalue weighted by Crippen LogP contribution is 2.23. The normalized spacial score (nSPS) is 19.7. The molecule has 2 heterocycles. The predicted octanol–water partition coefficient (Wildman–Crippen LogP) is 0.776. The second kappa shape index (κ2) is 4.55. The van der Waals surface area contributed by atoms with E-state index < -0.39 is 0 Å². The van der Waals surface area contributed by atoms with Crippen molar-refractivity contribution in [2.24, 2.45) is 12.8 Å². The van der Waals surface area contributed by atoms with Crippen molar-refractivity contribution in [1.29, 1.82) is 0 Å². The van der Waals surface area contributed by atoms with Gasteiger partial charge in [0.15, 0.2) is 0 Å². The van der Waals surface area contributed by atoms with Crippen LogP contribution < -0.4 is 5.73 Å². The fraction of sp³-hybridized carbons (Fsp3) is 0.750. The number of nitrogens with two attached hydrogens (primary N) is 1. The van der Waals surface area contributed by atoms with E-state index in [9.17, 15) is 0 Å². The SMILES string of the molecule is CCCC1(N)CN(CCc2cnn(C)c2)C1. The van der Waals surface area contributed by atoms with Crippen molar-refractivity contribution in [3.63, 3.8) is 0 Å². The fourth-order valence-electron chi connectivity index (χ4n) is 2.55. The van der Waals surface area contributed by atoms with Crippen LogP contribution >= 0.6 is 0 Å². The van der Waals surface area contributed by atoms with Crippen molar-refractivity contribution in [2.75, 3.05) is 19.6 Å². The summed E-state index contributed by atoms with van der Waals surface area (Å²) in [6.07, 6.45) is 7.45. The number of rotatable bonds is 5. The summed E-state index contributed by atoms with van der Waals surface area (Å²) in [5.41, 5.74) is 7.63. The Balaban J connectivity index is 1.70. The summed E-state index contributed by atoms with van der Waals surface area (Å²) in [5, 5.41) is 4.17. The maximum Gasteiger partial charge on any atom is 0.0522 e. The lowest BCUT2D eigenvalue weighted by Gasteiger charge is -2.48. The zero-order valence-electron chi connectivity index (χ0n) is 10.3. The van der Waals surface area contributed by atoms with E-state index in [4.69, 9.17) is 5.73 Å².